The fourth-order valence-corrected chi connectivity index (χ4v) is 5.11. The fraction of sp³-hybridized carbons (Fsp3) is 0.200. The predicted octanol–water partition coefficient (Wildman–Crippen LogP) is 5.40. The van der Waals surface area contributed by atoms with Crippen molar-refractivity contribution in [1.82, 2.24) is 4.90 Å². The van der Waals surface area contributed by atoms with Gasteiger partial charge in [0.05, 0.1) is 18.6 Å². The van der Waals surface area contributed by atoms with Gasteiger partial charge in [-0.05, 0) is 92.6 Å². The molecule has 28 heavy (non-hydrogen) atoms. The number of amides is 1. The number of thioether (sulfide) groups is 1. The summed E-state index contributed by atoms with van der Waals surface area (Å²) in [6, 6.07) is 13.2. The molecular formula is C20H18BrIN2O3S. The number of carbonyl (C=O) groups excluding carboxylic acids is 1. The van der Waals surface area contributed by atoms with Crippen molar-refractivity contribution in [3.05, 3.63) is 61.0 Å². The zero-order chi connectivity index (χ0) is 20.1. The van der Waals surface area contributed by atoms with Crippen LogP contribution in [0.5, 0.6) is 5.75 Å². The minimum atomic E-state index is -0.0741. The van der Waals surface area contributed by atoms with E-state index in [-0.39, 0.29) is 11.7 Å². The van der Waals surface area contributed by atoms with E-state index < -0.39 is 0 Å². The summed E-state index contributed by atoms with van der Waals surface area (Å²) >= 11 is 6.77. The highest BCUT2D eigenvalue weighted by Crippen LogP contribution is 2.36. The molecule has 1 heterocycles. The van der Waals surface area contributed by atoms with Gasteiger partial charge in [-0.25, -0.2) is 4.99 Å². The van der Waals surface area contributed by atoms with Crippen molar-refractivity contribution in [2.45, 2.75) is 6.42 Å². The van der Waals surface area contributed by atoms with E-state index in [2.05, 4.69) is 43.5 Å². The van der Waals surface area contributed by atoms with E-state index in [0.29, 0.717) is 31.3 Å². The lowest BCUT2D eigenvalue weighted by Crippen LogP contribution is -2.30. The van der Waals surface area contributed by atoms with Crippen LogP contribution in [0.15, 0.2) is 56.8 Å². The Kier molecular flexibility index (Phi) is 7.55. The third kappa shape index (κ3) is 5.16. The lowest BCUT2D eigenvalue weighted by Gasteiger charge is -2.15. The third-order valence-electron chi connectivity index (χ3n) is 3.94. The van der Waals surface area contributed by atoms with Crippen LogP contribution >= 0.6 is 50.3 Å². The minimum absolute atomic E-state index is 0.0741. The monoisotopic (exact) mass is 572 g/mol. The summed E-state index contributed by atoms with van der Waals surface area (Å²) < 4.78 is 6.43. The van der Waals surface area contributed by atoms with Gasteiger partial charge in [-0.3, -0.25) is 9.69 Å². The number of rotatable bonds is 6. The number of benzene rings is 2. The zero-order valence-electron chi connectivity index (χ0n) is 15.1. The first-order valence-corrected chi connectivity index (χ1v) is 11.2. The molecule has 0 bridgehead atoms. The standard InChI is InChI=1S/C20H18BrIN2O3S/c1-27-9-5-8-24-19(26)17(12-13-10-15(21)18(25)16(22)11-13)28-20(24)23-14-6-3-2-4-7-14/h2-4,6-7,10-12,25H,5,8-9H2,1H3/b17-12-,23-20?. The summed E-state index contributed by atoms with van der Waals surface area (Å²) in [6.45, 7) is 1.12. The van der Waals surface area contributed by atoms with Crippen molar-refractivity contribution in [1.29, 1.82) is 0 Å². The quantitative estimate of drug-likeness (QED) is 0.286. The molecule has 146 valence electrons. The first kappa shape index (κ1) is 21.4. The highest BCUT2D eigenvalue weighted by molar-refractivity contribution is 14.1. The average molecular weight is 573 g/mol. The summed E-state index contributed by atoms with van der Waals surface area (Å²) in [5.41, 5.74) is 1.64. The lowest BCUT2D eigenvalue weighted by atomic mass is 10.2. The number of aliphatic imine (C=N–C) groups is 1. The molecule has 0 aliphatic carbocycles. The third-order valence-corrected chi connectivity index (χ3v) is 6.37. The van der Waals surface area contributed by atoms with Gasteiger partial charge in [0.2, 0.25) is 0 Å². The average Bonchev–Trinajstić information content (AvgIpc) is 2.96. The Hall–Kier alpha value is -1.36. The number of nitrogens with zero attached hydrogens (tertiary/aromatic N) is 2. The van der Waals surface area contributed by atoms with E-state index in [1.165, 1.54) is 11.8 Å². The summed E-state index contributed by atoms with van der Waals surface area (Å²) in [5, 5.41) is 10.6. The Morgan fingerprint density at radius 2 is 2.07 bits per heavy atom. The Morgan fingerprint density at radius 3 is 2.75 bits per heavy atom. The molecule has 0 radical (unpaired) electrons. The highest BCUT2D eigenvalue weighted by atomic mass is 127. The van der Waals surface area contributed by atoms with Crippen LogP contribution in [0.1, 0.15) is 12.0 Å². The second-order valence-electron chi connectivity index (χ2n) is 5.98. The van der Waals surface area contributed by atoms with E-state index in [1.54, 1.807) is 18.1 Å². The van der Waals surface area contributed by atoms with Gasteiger partial charge in [-0.1, -0.05) is 18.2 Å². The number of hydrogen-bond donors (Lipinski definition) is 1. The second-order valence-corrected chi connectivity index (χ2v) is 9.00. The molecule has 0 aromatic heterocycles. The van der Waals surface area contributed by atoms with Gasteiger partial charge in [0, 0.05) is 20.3 Å². The van der Waals surface area contributed by atoms with E-state index >= 15 is 0 Å². The fourth-order valence-electron chi connectivity index (χ4n) is 2.59. The number of ether oxygens (including phenoxy) is 1. The largest absolute Gasteiger partial charge is 0.506 e. The van der Waals surface area contributed by atoms with Crippen LogP contribution in [0.2, 0.25) is 0 Å². The van der Waals surface area contributed by atoms with Gasteiger partial charge in [0.1, 0.15) is 5.75 Å². The molecule has 1 N–H and O–H groups in total. The SMILES string of the molecule is COCCCN1C(=O)/C(=C/c2cc(Br)c(O)c(I)c2)SC1=Nc1ccccc1. The first-order valence-electron chi connectivity index (χ1n) is 8.51. The molecule has 1 fully saturated rings. The van der Waals surface area contributed by atoms with Crippen LogP contribution in [-0.4, -0.2) is 41.3 Å². The molecule has 1 amide bonds. The summed E-state index contributed by atoms with van der Waals surface area (Å²) in [6.07, 6.45) is 2.56. The summed E-state index contributed by atoms with van der Waals surface area (Å²) in [4.78, 5) is 20.0. The number of phenols is 1. The molecule has 0 spiro atoms. The van der Waals surface area contributed by atoms with Crippen molar-refractivity contribution in [2.24, 2.45) is 4.99 Å². The molecule has 2 aromatic carbocycles. The van der Waals surface area contributed by atoms with Crippen molar-refractivity contribution in [3.63, 3.8) is 0 Å². The van der Waals surface area contributed by atoms with Crippen molar-refractivity contribution >= 4 is 73.1 Å². The maximum atomic E-state index is 13.0. The number of para-hydroxylation sites is 1. The van der Waals surface area contributed by atoms with Crippen LogP contribution in [0.3, 0.4) is 0 Å². The van der Waals surface area contributed by atoms with Crippen LogP contribution < -0.4 is 0 Å². The molecule has 2 aromatic rings. The smallest absolute Gasteiger partial charge is 0.266 e. The number of methoxy groups -OCH3 is 1. The van der Waals surface area contributed by atoms with Crippen LogP contribution in [0.4, 0.5) is 5.69 Å². The molecule has 0 unspecified atom stereocenters. The normalized spacial score (nSPS) is 17.1. The lowest BCUT2D eigenvalue weighted by molar-refractivity contribution is -0.122. The number of carbonyl (C=O) groups is 1. The molecule has 0 saturated carbocycles. The zero-order valence-corrected chi connectivity index (χ0v) is 19.6. The summed E-state index contributed by atoms with van der Waals surface area (Å²) in [5.74, 6) is 0.121. The number of amidine groups is 1. The van der Waals surface area contributed by atoms with Gasteiger partial charge in [0.25, 0.3) is 5.91 Å². The van der Waals surface area contributed by atoms with Gasteiger partial charge in [-0.2, -0.15) is 0 Å². The molecule has 1 saturated heterocycles. The van der Waals surface area contributed by atoms with Crippen molar-refractivity contribution in [3.8, 4) is 5.75 Å². The maximum Gasteiger partial charge on any atom is 0.266 e. The Balaban J connectivity index is 1.93. The topological polar surface area (TPSA) is 62.1 Å². The number of halogens is 2. The number of phenolic OH excluding ortho intramolecular Hbond substituents is 1. The van der Waals surface area contributed by atoms with Gasteiger partial charge >= 0.3 is 0 Å². The minimum Gasteiger partial charge on any atom is -0.506 e. The van der Waals surface area contributed by atoms with E-state index in [9.17, 15) is 9.90 Å². The first-order chi connectivity index (χ1) is 13.5. The van der Waals surface area contributed by atoms with Gasteiger partial charge in [-0.15, -0.1) is 0 Å². The Bertz CT molecular complexity index is 911. The second kappa shape index (κ2) is 9.91. The molecule has 5 nitrogen and oxygen atoms in total. The number of aromatic hydroxyl groups is 1. The highest BCUT2D eigenvalue weighted by Gasteiger charge is 2.33. The Morgan fingerprint density at radius 1 is 1.32 bits per heavy atom. The molecule has 1 aliphatic rings. The number of hydrogen-bond acceptors (Lipinski definition) is 5. The van der Waals surface area contributed by atoms with Crippen LogP contribution in [0.25, 0.3) is 6.08 Å². The summed E-state index contributed by atoms with van der Waals surface area (Å²) in [7, 11) is 1.65. The predicted molar refractivity (Wildman–Crippen MR) is 126 cm³/mol. The van der Waals surface area contributed by atoms with Gasteiger partial charge < -0.3 is 9.84 Å². The van der Waals surface area contributed by atoms with Crippen LogP contribution in [-0.2, 0) is 9.53 Å². The van der Waals surface area contributed by atoms with Crippen molar-refractivity contribution < 1.29 is 14.6 Å². The molecular weight excluding hydrogens is 555 g/mol. The van der Waals surface area contributed by atoms with Crippen LogP contribution in [0, 0.1) is 3.57 Å². The van der Waals surface area contributed by atoms with E-state index in [1.807, 2.05) is 42.5 Å². The maximum absolute atomic E-state index is 13.0. The molecule has 3 rings (SSSR count). The van der Waals surface area contributed by atoms with E-state index in [0.717, 1.165) is 17.7 Å². The van der Waals surface area contributed by atoms with E-state index in [4.69, 9.17) is 4.74 Å². The molecule has 1 aliphatic heterocycles. The molecule has 8 heteroatoms. The Labute approximate surface area is 190 Å². The molecule has 0 atom stereocenters. The van der Waals surface area contributed by atoms with Gasteiger partial charge in [0.15, 0.2) is 5.17 Å². The van der Waals surface area contributed by atoms with Crippen molar-refractivity contribution in [2.75, 3.05) is 20.3 Å².